The normalized spacial score (nSPS) is 39.0. The van der Waals surface area contributed by atoms with Crippen molar-refractivity contribution in [1.82, 2.24) is 0 Å². The molecule has 0 N–H and O–H groups in total. The molecule has 29 heavy (non-hydrogen) atoms. The Bertz CT molecular complexity index is 976. The van der Waals surface area contributed by atoms with Crippen LogP contribution in [0.1, 0.15) is 57.7 Å². The maximum atomic E-state index is 4.68. The van der Waals surface area contributed by atoms with Crippen molar-refractivity contribution in [2.75, 3.05) is 0 Å². The van der Waals surface area contributed by atoms with Crippen LogP contribution in [0.5, 0.6) is 0 Å². The molecule has 0 heterocycles. The average molecular weight is 405 g/mol. The highest BCUT2D eigenvalue weighted by Gasteiger charge is 2.63. The second kappa shape index (κ2) is 6.51. The van der Waals surface area contributed by atoms with E-state index in [1.807, 2.05) is 0 Å². The minimum absolute atomic E-state index is 0.00162. The summed E-state index contributed by atoms with van der Waals surface area (Å²) in [5, 5.41) is 0. The van der Waals surface area contributed by atoms with Gasteiger partial charge >= 0.3 is 0 Å². The second-order valence-electron chi connectivity index (χ2n) is 10.4. The zero-order chi connectivity index (χ0) is 21.5. The van der Waals surface area contributed by atoms with Gasteiger partial charge in [-0.1, -0.05) is 71.2 Å². The Morgan fingerprint density at radius 3 is 2.41 bits per heavy atom. The molecule has 0 aliphatic heterocycles. The van der Waals surface area contributed by atoms with Crippen molar-refractivity contribution in [3.8, 4) is 0 Å². The zero-order valence-corrected chi connectivity index (χ0v) is 19.9. The number of thiol groups is 1. The number of benzene rings is 1. The Hall–Kier alpha value is -1.47. The fourth-order valence-electron chi connectivity index (χ4n) is 7.51. The van der Waals surface area contributed by atoms with Crippen LogP contribution in [0.3, 0.4) is 0 Å². The summed E-state index contributed by atoms with van der Waals surface area (Å²) in [5.74, 6) is 2.09. The number of aryl methyl sites for hydroxylation is 1. The average Bonchev–Trinajstić information content (AvgIpc) is 2.65. The van der Waals surface area contributed by atoms with Gasteiger partial charge in [0.2, 0.25) is 0 Å². The topological polar surface area (TPSA) is 0 Å². The number of rotatable bonds is 1. The first-order valence-electron chi connectivity index (χ1n) is 11.0. The molecule has 0 saturated heterocycles. The molecule has 1 aromatic carbocycles. The van der Waals surface area contributed by atoms with Crippen molar-refractivity contribution in [3.63, 3.8) is 0 Å². The number of hydrogen-bond acceptors (Lipinski definition) is 1. The molecule has 0 radical (unpaired) electrons. The summed E-state index contributed by atoms with van der Waals surface area (Å²) in [6.45, 7) is 27.9. The first-order chi connectivity index (χ1) is 13.5. The lowest BCUT2D eigenvalue weighted by Crippen LogP contribution is -2.59. The van der Waals surface area contributed by atoms with Gasteiger partial charge in [0, 0.05) is 10.3 Å². The van der Waals surface area contributed by atoms with E-state index in [-0.39, 0.29) is 10.8 Å². The van der Waals surface area contributed by atoms with Crippen molar-refractivity contribution in [2.24, 2.45) is 34.5 Å². The van der Waals surface area contributed by atoms with Gasteiger partial charge in [-0.15, -0.1) is 12.6 Å². The molecule has 0 nitrogen and oxygen atoms in total. The number of hydrogen-bond donors (Lipinski definition) is 1. The standard InChI is InChI=1S/C28H36S/c1-15-11-10-12-23-17(3)26-20(6)28(9)19(5)25(21(7)29)16(2)18(4)27(28,8)14-22(26)13-24(15)23/h10-12,18,20,22,26,29H,3,5,7,13-14H2,1-2,4,6,8-9H3/t18-,20?,22?,26?,27+,28+/m1/s1. The maximum Gasteiger partial charge on any atom is 0.00428 e. The molecule has 0 spiro atoms. The lowest BCUT2D eigenvalue weighted by molar-refractivity contribution is -0.0817. The van der Waals surface area contributed by atoms with Crippen LogP contribution in [-0.2, 0) is 6.42 Å². The van der Waals surface area contributed by atoms with Crippen LogP contribution >= 0.6 is 12.6 Å². The lowest BCUT2D eigenvalue weighted by Gasteiger charge is -2.66. The predicted molar refractivity (Wildman–Crippen MR) is 130 cm³/mol. The molecule has 1 heteroatoms. The smallest absolute Gasteiger partial charge is 0.00428 e. The Balaban J connectivity index is 1.90. The Labute approximate surface area is 183 Å². The van der Waals surface area contributed by atoms with Crippen LogP contribution in [0.25, 0.3) is 5.57 Å². The molecule has 154 valence electrons. The van der Waals surface area contributed by atoms with Gasteiger partial charge < -0.3 is 0 Å². The van der Waals surface area contributed by atoms with Crippen LogP contribution in [-0.4, -0.2) is 0 Å². The van der Waals surface area contributed by atoms with Crippen molar-refractivity contribution < 1.29 is 0 Å². The summed E-state index contributed by atoms with van der Waals surface area (Å²) in [5.41, 5.74) is 9.70. The molecule has 1 aromatic rings. The van der Waals surface area contributed by atoms with Gasteiger partial charge in [-0.3, -0.25) is 0 Å². The number of allylic oxidation sites excluding steroid dienone is 4. The van der Waals surface area contributed by atoms with E-state index in [1.165, 1.54) is 51.8 Å². The van der Waals surface area contributed by atoms with Crippen molar-refractivity contribution in [2.45, 2.75) is 54.4 Å². The first kappa shape index (κ1) is 20.8. The van der Waals surface area contributed by atoms with Gasteiger partial charge in [-0.05, 0) is 89.2 Å². The first-order valence-corrected chi connectivity index (χ1v) is 11.5. The highest BCUT2D eigenvalue weighted by Crippen LogP contribution is 2.70. The van der Waals surface area contributed by atoms with Crippen molar-refractivity contribution >= 4 is 18.2 Å². The monoisotopic (exact) mass is 404 g/mol. The van der Waals surface area contributed by atoms with Crippen molar-refractivity contribution in [3.05, 3.63) is 76.3 Å². The van der Waals surface area contributed by atoms with E-state index in [4.69, 9.17) is 0 Å². The van der Waals surface area contributed by atoms with Crippen LogP contribution in [0.4, 0.5) is 0 Å². The van der Waals surface area contributed by atoms with Gasteiger partial charge in [0.05, 0.1) is 0 Å². The van der Waals surface area contributed by atoms with E-state index >= 15 is 0 Å². The Morgan fingerprint density at radius 1 is 1.14 bits per heavy atom. The molecular formula is C28H36S. The largest absolute Gasteiger partial charge is 0.143 e. The van der Waals surface area contributed by atoms with Crippen LogP contribution in [0.15, 0.2) is 59.6 Å². The molecule has 3 aliphatic rings. The van der Waals surface area contributed by atoms with E-state index in [0.29, 0.717) is 23.7 Å². The minimum Gasteiger partial charge on any atom is -0.143 e. The molecule has 3 unspecified atom stereocenters. The fraction of sp³-hybridized carbons (Fsp3) is 0.500. The van der Waals surface area contributed by atoms with Gasteiger partial charge in [-0.25, -0.2) is 0 Å². The fourth-order valence-corrected chi connectivity index (χ4v) is 7.82. The lowest BCUT2D eigenvalue weighted by atomic mass is 9.38. The van der Waals surface area contributed by atoms with E-state index in [9.17, 15) is 0 Å². The Morgan fingerprint density at radius 2 is 1.79 bits per heavy atom. The molecule has 3 aliphatic carbocycles. The Kier molecular flexibility index (Phi) is 4.67. The summed E-state index contributed by atoms with van der Waals surface area (Å²) in [6.07, 6.45) is 2.39. The van der Waals surface area contributed by atoms with E-state index in [2.05, 4.69) is 92.1 Å². The molecule has 0 bridgehead atoms. The van der Waals surface area contributed by atoms with Crippen LogP contribution < -0.4 is 0 Å². The van der Waals surface area contributed by atoms with Gasteiger partial charge in [-0.2, -0.15) is 0 Å². The SMILES string of the molecule is C=C(S)C1=C(C)[C@@H](C)[C@]2(C)CC3Cc4c(C)cccc4C(=C)C3C(C)[C@]2(C)C1=C. The molecular weight excluding hydrogens is 368 g/mol. The maximum absolute atomic E-state index is 4.68. The highest BCUT2D eigenvalue weighted by molar-refractivity contribution is 7.84. The summed E-state index contributed by atoms with van der Waals surface area (Å²) in [7, 11) is 0. The van der Waals surface area contributed by atoms with Crippen LogP contribution in [0, 0.1) is 41.4 Å². The molecule has 0 aromatic heterocycles. The highest BCUT2D eigenvalue weighted by atomic mass is 32.1. The zero-order valence-electron chi connectivity index (χ0n) is 19.0. The molecule has 1 saturated carbocycles. The van der Waals surface area contributed by atoms with Crippen LogP contribution in [0.2, 0.25) is 0 Å². The summed E-state index contributed by atoms with van der Waals surface area (Å²) in [4.78, 5) is 0.861. The van der Waals surface area contributed by atoms with E-state index in [1.54, 1.807) is 0 Å². The van der Waals surface area contributed by atoms with E-state index < -0.39 is 0 Å². The summed E-state index contributed by atoms with van der Waals surface area (Å²) < 4.78 is 0. The van der Waals surface area contributed by atoms with Gasteiger partial charge in [0.1, 0.15) is 0 Å². The quantitative estimate of drug-likeness (QED) is 0.453. The third kappa shape index (κ3) is 2.46. The molecule has 0 amide bonds. The third-order valence-electron chi connectivity index (χ3n) is 9.67. The molecule has 4 rings (SSSR count). The van der Waals surface area contributed by atoms with Gasteiger partial charge in [0.25, 0.3) is 0 Å². The summed E-state index contributed by atoms with van der Waals surface area (Å²) in [6, 6.07) is 6.73. The predicted octanol–water partition coefficient (Wildman–Crippen LogP) is 7.82. The minimum atomic E-state index is -0.00162. The molecule has 1 fully saturated rings. The van der Waals surface area contributed by atoms with Crippen molar-refractivity contribution in [1.29, 1.82) is 0 Å². The summed E-state index contributed by atoms with van der Waals surface area (Å²) >= 11 is 4.68. The van der Waals surface area contributed by atoms with E-state index in [0.717, 1.165) is 4.91 Å². The molecule has 6 atom stereocenters. The second-order valence-corrected chi connectivity index (χ2v) is 11.0. The number of fused-ring (bicyclic) bond motifs is 3. The van der Waals surface area contributed by atoms with Gasteiger partial charge in [0.15, 0.2) is 0 Å². The third-order valence-corrected chi connectivity index (χ3v) is 9.90.